The maximum Gasteiger partial charge on any atom is 0.251 e. The van der Waals surface area contributed by atoms with Gasteiger partial charge in [0.15, 0.2) is 0 Å². The molecule has 0 saturated carbocycles. The van der Waals surface area contributed by atoms with Gasteiger partial charge in [0.25, 0.3) is 5.82 Å². The van der Waals surface area contributed by atoms with Crippen molar-refractivity contribution in [3.8, 4) is 0 Å². The summed E-state index contributed by atoms with van der Waals surface area (Å²) in [5, 5.41) is 0. The molecule has 0 fully saturated rings. The SMILES string of the molecule is Cc1[nH]cc(CCCC(C)C)[n+]1C. The number of aromatic nitrogens is 2. The molecule has 0 spiro atoms. The van der Waals surface area contributed by atoms with Crippen molar-refractivity contribution in [3.05, 3.63) is 17.7 Å². The van der Waals surface area contributed by atoms with Gasteiger partial charge in [-0.15, -0.1) is 0 Å². The van der Waals surface area contributed by atoms with Crippen LogP contribution in [0.1, 0.15) is 38.2 Å². The van der Waals surface area contributed by atoms with E-state index in [1.807, 2.05) is 0 Å². The molecule has 1 rings (SSSR count). The molecule has 0 aliphatic heterocycles. The molecule has 0 saturated heterocycles. The van der Waals surface area contributed by atoms with Gasteiger partial charge in [0, 0.05) is 13.3 Å². The van der Waals surface area contributed by atoms with E-state index in [1.54, 1.807) is 0 Å². The zero-order valence-corrected chi connectivity index (χ0v) is 9.22. The molecule has 1 heterocycles. The highest BCUT2D eigenvalue weighted by Gasteiger charge is 2.09. The van der Waals surface area contributed by atoms with E-state index in [0.717, 1.165) is 5.92 Å². The molecule has 13 heavy (non-hydrogen) atoms. The Labute approximate surface area is 81.0 Å². The summed E-state index contributed by atoms with van der Waals surface area (Å²) in [6.45, 7) is 6.66. The molecule has 0 unspecified atom stereocenters. The third-order valence-electron chi connectivity index (χ3n) is 2.60. The van der Waals surface area contributed by atoms with Gasteiger partial charge in [-0.25, -0.2) is 9.55 Å². The largest absolute Gasteiger partial charge is 0.251 e. The summed E-state index contributed by atoms with van der Waals surface area (Å²) in [6, 6.07) is 0. The molecule has 0 aliphatic carbocycles. The van der Waals surface area contributed by atoms with Gasteiger partial charge in [-0.05, 0) is 12.3 Å². The lowest BCUT2D eigenvalue weighted by atomic mass is 10.1. The molecule has 0 atom stereocenters. The highest BCUT2D eigenvalue weighted by Crippen LogP contribution is 2.07. The van der Waals surface area contributed by atoms with Crippen molar-refractivity contribution in [1.29, 1.82) is 0 Å². The van der Waals surface area contributed by atoms with Gasteiger partial charge in [0.1, 0.15) is 11.9 Å². The van der Waals surface area contributed by atoms with Crippen molar-refractivity contribution in [2.24, 2.45) is 13.0 Å². The van der Waals surface area contributed by atoms with E-state index >= 15 is 0 Å². The summed E-state index contributed by atoms with van der Waals surface area (Å²) >= 11 is 0. The maximum atomic E-state index is 3.24. The minimum atomic E-state index is 0.824. The average molecular weight is 181 g/mol. The summed E-state index contributed by atoms with van der Waals surface area (Å²) in [6.07, 6.45) is 5.93. The number of aromatic amines is 1. The lowest BCUT2D eigenvalue weighted by Gasteiger charge is -2.02. The van der Waals surface area contributed by atoms with Crippen molar-refractivity contribution in [3.63, 3.8) is 0 Å². The molecule has 1 aromatic rings. The zero-order valence-electron chi connectivity index (χ0n) is 9.22. The van der Waals surface area contributed by atoms with Crippen LogP contribution >= 0.6 is 0 Å². The van der Waals surface area contributed by atoms with E-state index in [4.69, 9.17) is 0 Å². The predicted octanol–water partition coefficient (Wildman–Crippen LogP) is 2.13. The first-order valence-corrected chi connectivity index (χ1v) is 5.14. The quantitative estimate of drug-likeness (QED) is 0.687. The summed E-state index contributed by atoms with van der Waals surface area (Å²) in [5.41, 5.74) is 1.41. The van der Waals surface area contributed by atoms with Gasteiger partial charge in [-0.3, -0.25) is 0 Å². The van der Waals surface area contributed by atoms with Crippen LogP contribution in [-0.2, 0) is 13.5 Å². The van der Waals surface area contributed by atoms with Gasteiger partial charge in [-0.1, -0.05) is 20.3 Å². The first kappa shape index (κ1) is 10.3. The molecule has 2 heteroatoms. The topological polar surface area (TPSA) is 19.7 Å². The summed E-state index contributed by atoms with van der Waals surface area (Å²) in [7, 11) is 2.12. The van der Waals surface area contributed by atoms with Gasteiger partial charge in [0.2, 0.25) is 0 Å². The van der Waals surface area contributed by atoms with Crippen molar-refractivity contribution in [1.82, 2.24) is 4.98 Å². The van der Waals surface area contributed by atoms with Gasteiger partial charge in [0.05, 0.1) is 7.05 Å². The number of hydrogen-bond donors (Lipinski definition) is 1. The molecule has 0 aromatic carbocycles. The second-order valence-corrected chi connectivity index (χ2v) is 4.21. The number of hydrogen-bond acceptors (Lipinski definition) is 0. The van der Waals surface area contributed by atoms with E-state index in [2.05, 4.69) is 43.6 Å². The average Bonchev–Trinajstić information content (AvgIpc) is 2.35. The van der Waals surface area contributed by atoms with E-state index in [1.165, 1.54) is 30.8 Å². The Morgan fingerprint density at radius 2 is 2.15 bits per heavy atom. The van der Waals surface area contributed by atoms with Crippen LogP contribution in [0.2, 0.25) is 0 Å². The first-order valence-electron chi connectivity index (χ1n) is 5.14. The Bertz CT molecular complexity index is 261. The Morgan fingerprint density at radius 3 is 2.62 bits per heavy atom. The Morgan fingerprint density at radius 1 is 1.46 bits per heavy atom. The Balaban J connectivity index is 2.41. The van der Waals surface area contributed by atoms with E-state index in [9.17, 15) is 0 Å². The van der Waals surface area contributed by atoms with Gasteiger partial charge >= 0.3 is 0 Å². The van der Waals surface area contributed by atoms with Crippen LogP contribution in [0.5, 0.6) is 0 Å². The molecule has 1 N–H and O–H groups in total. The lowest BCUT2D eigenvalue weighted by Crippen LogP contribution is -2.33. The van der Waals surface area contributed by atoms with Crippen LogP contribution in [0.15, 0.2) is 6.20 Å². The molecule has 74 valence electrons. The fraction of sp³-hybridized carbons (Fsp3) is 0.727. The highest BCUT2D eigenvalue weighted by atomic mass is 15.0. The molecule has 0 aliphatic rings. The third-order valence-corrected chi connectivity index (χ3v) is 2.60. The molecule has 2 nitrogen and oxygen atoms in total. The van der Waals surface area contributed by atoms with Crippen LogP contribution in [0.4, 0.5) is 0 Å². The minimum absolute atomic E-state index is 0.824. The van der Waals surface area contributed by atoms with Gasteiger partial charge < -0.3 is 0 Å². The summed E-state index contributed by atoms with van der Waals surface area (Å²) in [5.74, 6) is 2.06. The van der Waals surface area contributed by atoms with Crippen molar-refractivity contribution >= 4 is 0 Å². The van der Waals surface area contributed by atoms with E-state index in [0.29, 0.717) is 0 Å². The van der Waals surface area contributed by atoms with Crippen molar-refractivity contribution in [2.45, 2.75) is 40.0 Å². The molecule has 0 radical (unpaired) electrons. The number of aryl methyl sites for hydroxylation is 2. The fourth-order valence-corrected chi connectivity index (χ4v) is 1.53. The van der Waals surface area contributed by atoms with Crippen LogP contribution in [0.25, 0.3) is 0 Å². The normalized spacial score (nSPS) is 11.2. The number of imidazole rings is 1. The zero-order chi connectivity index (χ0) is 9.84. The smallest absolute Gasteiger partial charge is 0.248 e. The summed E-state index contributed by atoms with van der Waals surface area (Å²) in [4.78, 5) is 3.24. The van der Waals surface area contributed by atoms with Gasteiger partial charge in [-0.2, -0.15) is 0 Å². The van der Waals surface area contributed by atoms with Crippen LogP contribution in [-0.4, -0.2) is 4.98 Å². The Hall–Kier alpha value is -0.790. The Kier molecular flexibility index (Phi) is 3.52. The number of H-pyrrole nitrogens is 1. The molecule has 1 aromatic heterocycles. The lowest BCUT2D eigenvalue weighted by molar-refractivity contribution is -0.683. The maximum absolute atomic E-state index is 3.24. The standard InChI is InChI=1S/C11H20N2/c1-9(2)6-5-7-11-8-12-10(3)13(11)4/h8-9H,5-7H2,1-4H3/p+1. The third kappa shape index (κ3) is 2.87. The van der Waals surface area contributed by atoms with Crippen molar-refractivity contribution in [2.75, 3.05) is 0 Å². The van der Waals surface area contributed by atoms with Crippen LogP contribution in [0.3, 0.4) is 0 Å². The second-order valence-electron chi connectivity index (χ2n) is 4.21. The minimum Gasteiger partial charge on any atom is -0.248 e. The first-order chi connectivity index (χ1) is 6.11. The fourth-order valence-electron chi connectivity index (χ4n) is 1.53. The van der Waals surface area contributed by atoms with E-state index in [-0.39, 0.29) is 0 Å². The number of rotatable bonds is 4. The monoisotopic (exact) mass is 181 g/mol. The summed E-state index contributed by atoms with van der Waals surface area (Å²) < 4.78 is 2.24. The van der Waals surface area contributed by atoms with Crippen molar-refractivity contribution < 1.29 is 4.57 Å². The second kappa shape index (κ2) is 4.45. The highest BCUT2D eigenvalue weighted by molar-refractivity contribution is 4.90. The number of nitrogens with zero attached hydrogens (tertiary/aromatic N) is 1. The molecular formula is C11H21N2+. The molecule has 0 amide bonds. The van der Waals surface area contributed by atoms with Crippen LogP contribution < -0.4 is 4.57 Å². The van der Waals surface area contributed by atoms with Crippen LogP contribution in [0, 0.1) is 12.8 Å². The van der Waals surface area contributed by atoms with E-state index < -0.39 is 0 Å². The predicted molar refractivity (Wildman–Crippen MR) is 54.5 cm³/mol. The molecular weight excluding hydrogens is 160 g/mol. The number of nitrogens with one attached hydrogen (secondary N) is 1. The molecule has 0 bridgehead atoms.